The van der Waals surface area contributed by atoms with Gasteiger partial charge in [-0.25, -0.2) is 0 Å². The zero-order chi connectivity index (χ0) is 27.3. The number of ether oxygens (including phenoxy) is 1. The summed E-state index contributed by atoms with van der Waals surface area (Å²) in [6.07, 6.45) is 2.67. The second kappa shape index (κ2) is 11.9. The molecule has 2 N–H and O–H groups in total. The minimum absolute atomic E-state index is 0.248. The van der Waals surface area contributed by atoms with Gasteiger partial charge in [0.25, 0.3) is 5.91 Å². The van der Waals surface area contributed by atoms with Crippen molar-refractivity contribution in [1.29, 1.82) is 0 Å². The Kier molecular flexibility index (Phi) is 9.72. The first-order valence-corrected chi connectivity index (χ1v) is 13.0. The Labute approximate surface area is 216 Å². The number of hydrogen-bond donors (Lipinski definition) is 2. The largest absolute Gasteiger partial charge is 0.487 e. The number of aryl methyl sites for hydroxylation is 2. The molecule has 0 fully saturated rings. The summed E-state index contributed by atoms with van der Waals surface area (Å²) in [4.78, 5) is 25.0. The molecule has 0 spiro atoms. The Balaban J connectivity index is 2.44. The molecule has 0 heterocycles. The van der Waals surface area contributed by atoms with E-state index in [1.54, 1.807) is 0 Å². The third-order valence-corrected chi connectivity index (χ3v) is 7.95. The Morgan fingerprint density at radius 1 is 0.917 bits per heavy atom. The van der Waals surface area contributed by atoms with Gasteiger partial charge in [0.2, 0.25) is 0 Å². The molecule has 0 aliphatic carbocycles. The number of amides is 1. The van der Waals surface area contributed by atoms with Gasteiger partial charge in [-0.05, 0) is 80.8 Å². The van der Waals surface area contributed by atoms with Crippen LogP contribution in [0, 0.1) is 13.8 Å². The average molecular weight is 498 g/mol. The number of carbonyl (C=O) groups excluding carboxylic acids is 1. The lowest BCUT2D eigenvalue weighted by Crippen LogP contribution is -2.43. The van der Waals surface area contributed by atoms with E-state index in [0.717, 1.165) is 35.3 Å². The Bertz CT molecular complexity index is 1070. The van der Waals surface area contributed by atoms with Crippen LogP contribution in [0.5, 0.6) is 5.75 Å². The van der Waals surface area contributed by atoms with E-state index >= 15 is 0 Å². The van der Waals surface area contributed by atoms with Crippen LogP contribution in [-0.2, 0) is 10.2 Å². The van der Waals surface area contributed by atoms with Gasteiger partial charge in [-0.3, -0.25) is 9.59 Å². The molecule has 0 aliphatic rings. The van der Waals surface area contributed by atoms with Gasteiger partial charge >= 0.3 is 5.97 Å². The molecule has 6 heteroatoms. The first kappa shape index (κ1) is 29.4. The van der Waals surface area contributed by atoms with Gasteiger partial charge in [-0.15, -0.1) is 0 Å². The predicted octanol–water partition coefficient (Wildman–Crippen LogP) is 5.88. The molecule has 36 heavy (non-hydrogen) atoms. The maximum absolute atomic E-state index is 12.8. The molecule has 0 saturated heterocycles. The third kappa shape index (κ3) is 5.92. The van der Waals surface area contributed by atoms with Gasteiger partial charge in [-0.2, -0.15) is 0 Å². The molecule has 0 radical (unpaired) electrons. The normalized spacial score (nSPS) is 12.8. The summed E-state index contributed by atoms with van der Waals surface area (Å²) in [7, 11) is 1.50. The fourth-order valence-electron chi connectivity index (χ4n) is 5.12. The third-order valence-electron chi connectivity index (χ3n) is 7.95. The molecule has 0 bridgehead atoms. The van der Waals surface area contributed by atoms with E-state index in [1.165, 1.54) is 17.5 Å². The van der Waals surface area contributed by atoms with Crippen molar-refractivity contribution < 1.29 is 24.5 Å². The molecule has 198 valence electrons. The van der Waals surface area contributed by atoms with Gasteiger partial charge in [0.05, 0.1) is 0 Å². The van der Waals surface area contributed by atoms with Gasteiger partial charge < -0.3 is 19.8 Å². The van der Waals surface area contributed by atoms with E-state index in [-0.39, 0.29) is 24.0 Å². The first-order valence-electron chi connectivity index (χ1n) is 13.0. The molecule has 2 aromatic carbocycles. The number of nitrogens with zero attached hydrogens (tertiary/aromatic N) is 1. The summed E-state index contributed by atoms with van der Waals surface area (Å²) in [6, 6.07) is 12.1. The van der Waals surface area contributed by atoms with Gasteiger partial charge in [0.1, 0.15) is 24.0 Å². The molecule has 1 atom stereocenters. The number of carbonyl (C=O) groups is 2. The van der Waals surface area contributed by atoms with Crippen LogP contribution < -0.4 is 4.74 Å². The van der Waals surface area contributed by atoms with Crippen molar-refractivity contribution in [2.75, 3.05) is 13.6 Å². The smallest absolute Gasteiger partial charge is 0.323 e. The lowest BCUT2D eigenvalue weighted by atomic mass is 9.70. The molecular formula is C30H43NO5. The molecule has 0 saturated carbocycles. The quantitative estimate of drug-likeness (QED) is 0.382. The van der Waals surface area contributed by atoms with Crippen molar-refractivity contribution >= 4 is 11.9 Å². The average Bonchev–Trinajstić information content (AvgIpc) is 2.85. The molecule has 1 amide bonds. The number of benzene rings is 2. The van der Waals surface area contributed by atoms with Crippen LogP contribution in [-0.4, -0.2) is 52.3 Å². The summed E-state index contributed by atoms with van der Waals surface area (Å²) in [5.41, 5.74) is 3.53. The number of aliphatic hydroxyl groups is 1. The molecule has 0 aliphatic heterocycles. The van der Waals surface area contributed by atoms with E-state index in [2.05, 4.69) is 32.0 Å². The van der Waals surface area contributed by atoms with Crippen molar-refractivity contribution in [3.8, 4) is 5.75 Å². The standard InChI is InChI=1S/C30H43NO5/c1-9-29(10-2,23-13-15-25(20(5)17-23)28(34)31(8)19-27(32)33)24-14-16-26(21(6)18-24)36-22(7)30(35,11-3)12-4/h13-18,22,35H,9-12,19H2,1-8H3,(H,32,33). The Morgan fingerprint density at radius 2 is 1.44 bits per heavy atom. The highest BCUT2D eigenvalue weighted by atomic mass is 16.5. The van der Waals surface area contributed by atoms with Gasteiger partial charge in [0.15, 0.2) is 0 Å². The fraction of sp³-hybridized carbons (Fsp3) is 0.533. The van der Waals surface area contributed by atoms with E-state index in [1.807, 2.05) is 52.8 Å². The number of carboxylic acids is 1. The predicted molar refractivity (Wildman–Crippen MR) is 144 cm³/mol. The minimum atomic E-state index is -1.04. The summed E-state index contributed by atoms with van der Waals surface area (Å²) in [5.74, 6) is -0.570. The van der Waals surface area contributed by atoms with Crippen LogP contribution in [0.2, 0.25) is 0 Å². The van der Waals surface area contributed by atoms with Crippen LogP contribution in [0.3, 0.4) is 0 Å². The lowest BCUT2D eigenvalue weighted by Gasteiger charge is -2.35. The molecule has 2 aromatic rings. The fourth-order valence-corrected chi connectivity index (χ4v) is 5.12. The number of likely N-dealkylation sites (N-methyl/N-ethyl adjacent to an activating group) is 1. The van der Waals surface area contributed by atoms with Crippen molar-refractivity contribution in [3.05, 3.63) is 64.2 Å². The maximum Gasteiger partial charge on any atom is 0.323 e. The second-order valence-electron chi connectivity index (χ2n) is 9.92. The molecule has 1 unspecified atom stereocenters. The summed E-state index contributed by atoms with van der Waals surface area (Å²) in [6.45, 7) is 13.8. The molecule has 6 nitrogen and oxygen atoms in total. The van der Waals surface area contributed by atoms with Crippen LogP contribution in [0.1, 0.15) is 92.9 Å². The summed E-state index contributed by atoms with van der Waals surface area (Å²) >= 11 is 0. The van der Waals surface area contributed by atoms with Crippen LogP contribution in [0.25, 0.3) is 0 Å². The number of aliphatic carboxylic acids is 1. The molecular weight excluding hydrogens is 454 g/mol. The lowest BCUT2D eigenvalue weighted by molar-refractivity contribution is -0.137. The highest BCUT2D eigenvalue weighted by Gasteiger charge is 2.34. The highest BCUT2D eigenvalue weighted by Crippen LogP contribution is 2.41. The van der Waals surface area contributed by atoms with Gasteiger partial charge in [-0.1, -0.05) is 52.0 Å². The van der Waals surface area contributed by atoms with E-state index in [9.17, 15) is 14.7 Å². The van der Waals surface area contributed by atoms with Crippen molar-refractivity contribution in [2.24, 2.45) is 0 Å². The number of carboxylic acid groups (broad SMARTS) is 1. The van der Waals surface area contributed by atoms with Gasteiger partial charge in [0, 0.05) is 18.0 Å². The van der Waals surface area contributed by atoms with Crippen LogP contribution >= 0.6 is 0 Å². The van der Waals surface area contributed by atoms with Crippen molar-refractivity contribution in [3.63, 3.8) is 0 Å². The summed E-state index contributed by atoms with van der Waals surface area (Å²) in [5, 5.41) is 19.9. The minimum Gasteiger partial charge on any atom is -0.487 e. The summed E-state index contributed by atoms with van der Waals surface area (Å²) < 4.78 is 6.21. The SMILES string of the molecule is CCC(CC)(c1ccc(OC(C)C(O)(CC)CC)c(C)c1)c1ccc(C(=O)N(C)CC(=O)O)c(C)c1. The number of rotatable bonds is 12. The van der Waals surface area contributed by atoms with E-state index < -0.39 is 11.6 Å². The monoisotopic (exact) mass is 497 g/mol. The van der Waals surface area contributed by atoms with Crippen LogP contribution in [0.15, 0.2) is 36.4 Å². The van der Waals surface area contributed by atoms with Crippen molar-refractivity contribution in [2.45, 2.75) is 91.3 Å². The van der Waals surface area contributed by atoms with Crippen molar-refractivity contribution in [1.82, 2.24) is 4.90 Å². The Hall–Kier alpha value is -2.86. The zero-order valence-corrected chi connectivity index (χ0v) is 23.1. The molecule has 0 aromatic heterocycles. The zero-order valence-electron chi connectivity index (χ0n) is 23.1. The second-order valence-corrected chi connectivity index (χ2v) is 9.92. The topological polar surface area (TPSA) is 87.1 Å². The van der Waals surface area contributed by atoms with E-state index in [4.69, 9.17) is 9.84 Å². The van der Waals surface area contributed by atoms with Crippen LogP contribution in [0.4, 0.5) is 0 Å². The number of hydrogen-bond acceptors (Lipinski definition) is 4. The highest BCUT2D eigenvalue weighted by molar-refractivity contribution is 5.97. The molecule has 2 rings (SSSR count). The first-order chi connectivity index (χ1) is 16.9. The maximum atomic E-state index is 12.8. The van der Waals surface area contributed by atoms with E-state index in [0.29, 0.717) is 18.4 Å². The Morgan fingerprint density at radius 3 is 1.89 bits per heavy atom.